The Kier molecular flexibility index (Phi) is 4.93. The molecule has 1 unspecified atom stereocenters. The van der Waals surface area contributed by atoms with Crippen molar-refractivity contribution in [3.05, 3.63) is 0 Å². The molecule has 0 bridgehead atoms. The van der Waals surface area contributed by atoms with Gasteiger partial charge in [-0.1, -0.05) is 0 Å². The van der Waals surface area contributed by atoms with E-state index >= 15 is 0 Å². The fourth-order valence-corrected chi connectivity index (χ4v) is 3.13. The predicted molar refractivity (Wildman–Crippen MR) is 67.8 cm³/mol. The van der Waals surface area contributed by atoms with Crippen LogP contribution >= 0.6 is 11.8 Å². The van der Waals surface area contributed by atoms with E-state index in [0.717, 1.165) is 44.9 Å². The van der Waals surface area contributed by atoms with Crippen LogP contribution in [0.1, 0.15) is 12.8 Å². The van der Waals surface area contributed by atoms with Crippen LogP contribution in [0.25, 0.3) is 0 Å². The molecule has 2 aliphatic rings. The van der Waals surface area contributed by atoms with E-state index in [9.17, 15) is 4.79 Å². The summed E-state index contributed by atoms with van der Waals surface area (Å²) in [6.45, 7) is 4.83. The lowest BCUT2D eigenvalue weighted by atomic mass is 10.2. The molecular weight excluding hydrogens is 222 g/mol. The molecule has 0 aromatic rings. The first-order valence-electron chi connectivity index (χ1n) is 6.16. The highest BCUT2D eigenvalue weighted by atomic mass is 32.2. The topological polar surface area (TPSA) is 44.4 Å². The minimum atomic E-state index is 0.323. The molecule has 16 heavy (non-hydrogen) atoms. The van der Waals surface area contributed by atoms with Crippen molar-refractivity contribution in [1.82, 2.24) is 15.5 Å². The second-order valence-corrected chi connectivity index (χ2v) is 5.56. The second-order valence-electron chi connectivity index (χ2n) is 4.41. The van der Waals surface area contributed by atoms with E-state index in [1.54, 1.807) is 0 Å². The molecule has 4 nitrogen and oxygen atoms in total. The summed E-state index contributed by atoms with van der Waals surface area (Å²) in [5.74, 6) is 2.58. The molecule has 2 aliphatic heterocycles. The molecule has 92 valence electrons. The van der Waals surface area contributed by atoms with Crippen LogP contribution in [0.15, 0.2) is 0 Å². The monoisotopic (exact) mass is 243 g/mol. The highest BCUT2D eigenvalue weighted by Gasteiger charge is 2.21. The maximum atomic E-state index is 12.1. The van der Waals surface area contributed by atoms with Gasteiger partial charge in [0.15, 0.2) is 0 Å². The minimum absolute atomic E-state index is 0.323. The summed E-state index contributed by atoms with van der Waals surface area (Å²) in [7, 11) is 0. The standard InChI is InChI=1S/C11H21N3OS/c15-11(8-10-9-16-7-4-13-10)14-5-1-2-12-3-6-14/h10,12-13H,1-9H2. The molecule has 0 aromatic heterocycles. The lowest BCUT2D eigenvalue weighted by Crippen LogP contribution is -2.43. The summed E-state index contributed by atoms with van der Waals surface area (Å²) in [6, 6.07) is 0.391. The van der Waals surface area contributed by atoms with E-state index in [2.05, 4.69) is 10.6 Å². The minimum Gasteiger partial charge on any atom is -0.341 e. The molecule has 5 heteroatoms. The number of rotatable bonds is 2. The number of thioether (sulfide) groups is 1. The molecule has 2 rings (SSSR count). The average molecular weight is 243 g/mol. The van der Waals surface area contributed by atoms with E-state index in [-0.39, 0.29) is 0 Å². The molecule has 1 atom stereocenters. The van der Waals surface area contributed by atoms with Gasteiger partial charge in [-0.05, 0) is 13.0 Å². The van der Waals surface area contributed by atoms with E-state index in [1.165, 1.54) is 5.75 Å². The Morgan fingerprint density at radius 1 is 1.31 bits per heavy atom. The number of hydrogen-bond acceptors (Lipinski definition) is 4. The van der Waals surface area contributed by atoms with Gasteiger partial charge in [-0.25, -0.2) is 0 Å². The van der Waals surface area contributed by atoms with Gasteiger partial charge in [0.2, 0.25) is 5.91 Å². The van der Waals surface area contributed by atoms with Crippen LogP contribution in [0, 0.1) is 0 Å². The summed E-state index contributed by atoms with van der Waals surface area (Å²) >= 11 is 1.95. The van der Waals surface area contributed by atoms with Crippen LogP contribution in [0.4, 0.5) is 0 Å². The van der Waals surface area contributed by atoms with Crippen LogP contribution in [0.5, 0.6) is 0 Å². The Balaban J connectivity index is 1.76. The summed E-state index contributed by atoms with van der Waals surface area (Å²) in [6.07, 6.45) is 1.76. The van der Waals surface area contributed by atoms with Gasteiger partial charge in [0.05, 0.1) is 0 Å². The van der Waals surface area contributed by atoms with Crippen LogP contribution < -0.4 is 10.6 Å². The molecule has 0 aromatic carbocycles. The molecule has 1 amide bonds. The van der Waals surface area contributed by atoms with Crippen molar-refractivity contribution in [3.63, 3.8) is 0 Å². The number of nitrogens with zero attached hydrogens (tertiary/aromatic N) is 1. The van der Waals surface area contributed by atoms with Crippen molar-refractivity contribution < 1.29 is 4.79 Å². The van der Waals surface area contributed by atoms with Crippen molar-refractivity contribution in [2.24, 2.45) is 0 Å². The van der Waals surface area contributed by atoms with Gasteiger partial charge in [-0.15, -0.1) is 0 Å². The van der Waals surface area contributed by atoms with Gasteiger partial charge in [-0.3, -0.25) is 4.79 Å². The molecule has 2 fully saturated rings. The Bertz CT molecular complexity index is 223. The molecule has 0 aliphatic carbocycles. The van der Waals surface area contributed by atoms with Crippen LogP contribution in [-0.4, -0.2) is 61.1 Å². The Morgan fingerprint density at radius 2 is 2.25 bits per heavy atom. The fraction of sp³-hybridized carbons (Fsp3) is 0.909. The number of carbonyl (C=O) groups is 1. The van der Waals surface area contributed by atoms with Crippen molar-refractivity contribution >= 4 is 17.7 Å². The Morgan fingerprint density at radius 3 is 3.06 bits per heavy atom. The third kappa shape index (κ3) is 3.64. The SMILES string of the molecule is O=C(CC1CSCCN1)N1CCCNCC1. The first-order chi connectivity index (χ1) is 7.86. The van der Waals surface area contributed by atoms with E-state index in [1.807, 2.05) is 16.7 Å². The summed E-state index contributed by atoms with van der Waals surface area (Å²) in [5, 5.41) is 6.74. The summed E-state index contributed by atoms with van der Waals surface area (Å²) < 4.78 is 0. The maximum Gasteiger partial charge on any atom is 0.224 e. The van der Waals surface area contributed by atoms with Crippen molar-refractivity contribution in [2.45, 2.75) is 18.9 Å². The van der Waals surface area contributed by atoms with E-state index in [0.29, 0.717) is 18.4 Å². The smallest absolute Gasteiger partial charge is 0.224 e. The van der Waals surface area contributed by atoms with Gasteiger partial charge in [0.1, 0.15) is 0 Å². The summed E-state index contributed by atoms with van der Waals surface area (Å²) in [4.78, 5) is 14.1. The zero-order chi connectivity index (χ0) is 11.2. The molecule has 0 spiro atoms. The number of hydrogen-bond donors (Lipinski definition) is 2. The Labute approximate surface area is 102 Å². The van der Waals surface area contributed by atoms with Gasteiger partial charge in [0.25, 0.3) is 0 Å². The molecule has 2 N–H and O–H groups in total. The van der Waals surface area contributed by atoms with Crippen LogP contribution in [0.2, 0.25) is 0 Å². The first kappa shape index (κ1) is 12.2. The molecule has 0 radical (unpaired) electrons. The lowest BCUT2D eigenvalue weighted by molar-refractivity contribution is -0.131. The first-order valence-corrected chi connectivity index (χ1v) is 7.31. The van der Waals surface area contributed by atoms with Crippen molar-refractivity contribution in [1.29, 1.82) is 0 Å². The van der Waals surface area contributed by atoms with Crippen molar-refractivity contribution in [2.75, 3.05) is 44.2 Å². The highest BCUT2D eigenvalue weighted by molar-refractivity contribution is 7.99. The predicted octanol–water partition coefficient (Wildman–Crippen LogP) is -0.0966. The normalized spacial score (nSPS) is 27.5. The molecular formula is C11H21N3OS. The fourth-order valence-electron chi connectivity index (χ4n) is 2.19. The molecule has 2 heterocycles. The van der Waals surface area contributed by atoms with Crippen LogP contribution in [0.3, 0.4) is 0 Å². The highest BCUT2D eigenvalue weighted by Crippen LogP contribution is 2.11. The third-order valence-corrected chi connectivity index (χ3v) is 4.24. The number of carbonyl (C=O) groups excluding carboxylic acids is 1. The molecule has 2 saturated heterocycles. The van der Waals surface area contributed by atoms with Gasteiger partial charge in [0, 0.05) is 50.1 Å². The van der Waals surface area contributed by atoms with Crippen LogP contribution in [-0.2, 0) is 4.79 Å². The zero-order valence-electron chi connectivity index (χ0n) is 9.71. The molecule has 0 saturated carbocycles. The summed E-state index contributed by atoms with van der Waals surface area (Å²) in [5.41, 5.74) is 0. The van der Waals surface area contributed by atoms with Gasteiger partial charge >= 0.3 is 0 Å². The van der Waals surface area contributed by atoms with Crippen molar-refractivity contribution in [3.8, 4) is 0 Å². The zero-order valence-corrected chi connectivity index (χ0v) is 10.5. The maximum absolute atomic E-state index is 12.1. The number of amides is 1. The van der Waals surface area contributed by atoms with E-state index < -0.39 is 0 Å². The quantitative estimate of drug-likeness (QED) is 0.711. The average Bonchev–Trinajstić information content (AvgIpc) is 2.59. The second kappa shape index (κ2) is 6.47. The van der Waals surface area contributed by atoms with Gasteiger partial charge < -0.3 is 15.5 Å². The Hall–Kier alpha value is -0.260. The lowest BCUT2D eigenvalue weighted by Gasteiger charge is -2.26. The van der Waals surface area contributed by atoms with Gasteiger partial charge in [-0.2, -0.15) is 11.8 Å². The largest absolute Gasteiger partial charge is 0.341 e. The third-order valence-electron chi connectivity index (χ3n) is 3.11. The number of nitrogens with one attached hydrogen (secondary N) is 2. The van der Waals surface area contributed by atoms with E-state index in [4.69, 9.17) is 0 Å².